The Balaban J connectivity index is 3.49. The molecule has 3 nitrogen and oxygen atoms in total. The van der Waals surface area contributed by atoms with Crippen LogP contribution in [-0.4, -0.2) is 15.2 Å². The van der Waals surface area contributed by atoms with Crippen LogP contribution in [0.3, 0.4) is 0 Å². The number of nitrogens with zero attached hydrogens (tertiary/aromatic N) is 1. The first-order valence-corrected chi connectivity index (χ1v) is 4.98. The van der Waals surface area contributed by atoms with Crippen LogP contribution < -0.4 is 0 Å². The molecule has 82 valence electrons. The van der Waals surface area contributed by atoms with E-state index in [-0.39, 0.29) is 5.75 Å². The highest BCUT2D eigenvalue weighted by molar-refractivity contribution is 5.58. The molecule has 0 aliphatic rings. The first kappa shape index (κ1) is 11.7. The van der Waals surface area contributed by atoms with Gasteiger partial charge in [-0.3, -0.25) is 4.98 Å². The van der Waals surface area contributed by atoms with Crippen molar-refractivity contribution in [3.8, 4) is 5.75 Å². The highest BCUT2D eigenvalue weighted by atomic mass is 16.3. The van der Waals surface area contributed by atoms with Crippen molar-refractivity contribution in [2.45, 2.75) is 32.8 Å². The fourth-order valence-electron chi connectivity index (χ4n) is 1.51. The minimum Gasteiger partial charge on any atom is -0.506 e. The molecule has 1 aromatic rings. The molecule has 1 heterocycles. The van der Waals surface area contributed by atoms with Crippen LogP contribution >= 0.6 is 0 Å². The van der Waals surface area contributed by atoms with E-state index in [1.165, 1.54) is 0 Å². The van der Waals surface area contributed by atoms with Crippen molar-refractivity contribution in [3.05, 3.63) is 29.6 Å². The molecule has 0 radical (unpaired) electrons. The van der Waals surface area contributed by atoms with Gasteiger partial charge in [-0.2, -0.15) is 0 Å². The summed E-state index contributed by atoms with van der Waals surface area (Å²) in [7, 11) is 0. The van der Waals surface area contributed by atoms with E-state index < -0.39 is 5.60 Å². The van der Waals surface area contributed by atoms with Crippen LogP contribution in [0.15, 0.2) is 12.8 Å². The predicted octanol–water partition coefficient (Wildman–Crippen LogP) is 2.36. The largest absolute Gasteiger partial charge is 0.506 e. The van der Waals surface area contributed by atoms with E-state index in [1.54, 1.807) is 26.1 Å². The average molecular weight is 207 g/mol. The third-order valence-electron chi connectivity index (χ3n) is 2.71. The summed E-state index contributed by atoms with van der Waals surface area (Å²) >= 11 is 0. The summed E-state index contributed by atoms with van der Waals surface area (Å²) in [4.78, 5) is 4.03. The molecule has 0 saturated heterocycles. The van der Waals surface area contributed by atoms with Crippen LogP contribution in [0.5, 0.6) is 5.75 Å². The maximum absolute atomic E-state index is 10.2. The summed E-state index contributed by atoms with van der Waals surface area (Å²) in [5, 5.41) is 20.1. The Morgan fingerprint density at radius 3 is 2.67 bits per heavy atom. The monoisotopic (exact) mass is 207 g/mol. The van der Waals surface area contributed by atoms with Gasteiger partial charge in [0.05, 0.1) is 11.3 Å². The molecule has 0 aliphatic carbocycles. The Labute approximate surface area is 90.1 Å². The van der Waals surface area contributed by atoms with Gasteiger partial charge in [0.2, 0.25) is 0 Å². The minimum absolute atomic E-state index is 0.0549. The number of rotatable bonds is 3. The zero-order chi connectivity index (χ0) is 11.6. The molecule has 0 aliphatic heterocycles. The third kappa shape index (κ3) is 2.02. The fourth-order valence-corrected chi connectivity index (χ4v) is 1.51. The standard InChI is InChI=1S/C12H17NO2/c1-5-9-7-13-8(3)11(14)10(9)12(4,15)6-2/h5,7,14-15H,1,6H2,2-4H3. The number of pyridine rings is 1. The number of aryl methyl sites for hydroxylation is 1. The molecule has 3 heteroatoms. The summed E-state index contributed by atoms with van der Waals surface area (Å²) in [6.07, 6.45) is 3.72. The van der Waals surface area contributed by atoms with Crippen molar-refractivity contribution in [2.24, 2.45) is 0 Å². The van der Waals surface area contributed by atoms with Crippen molar-refractivity contribution < 1.29 is 10.2 Å². The first-order valence-electron chi connectivity index (χ1n) is 4.98. The second kappa shape index (κ2) is 4.03. The summed E-state index contributed by atoms with van der Waals surface area (Å²) in [6, 6.07) is 0. The SMILES string of the molecule is C=Cc1cnc(C)c(O)c1C(C)(O)CC. The van der Waals surface area contributed by atoms with E-state index in [9.17, 15) is 10.2 Å². The van der Waals surface area contributed by atoms with Gasteiger partial charge in [-0.15, -0.1) is 0 Å². The van der Waals surface area contributed by atoms with Gasteiger partial charge in [-0.25, -0.2) is 0 Å². The van der Waals surface area contributed by atoms with Crippen LogP contribution in [0.25, 0.3) is 6.08 Å². The molecule has 1 atom stereocenters. The normalized spacial score (nSPS) is 14.7. The quantitative estimate of drug-likeness (QED) is 0.800. The molecule has 0 fully saturated rings. The van der Waals surface area contributed by atoms with Gasteiger partial charge in [0.25, 0.3) is 0 Å². The van der Waals surface area contributed by atoms with E-state index in [4.69, 9.17) is 0 Å². The van der Waals surface area contributed by atoms with Gasteiger partial charge in [0.1, 0.15) is 5.75 Å². The molecule has 0 bridgehead atoms. The van der Waals surface area contributed by atoms with Crippen LogP contribution in [-0.2, 0) is 5.60 Å². The number of aromatic hydroxyl groups is 1. The zero-order valence-corrected chi connectivity index (χ0v) is 9.41. The Morgan fingerprint density at radius 2 is 2.20 bits per heavy atom. The van der Waals surface area contributed by atoms with Gasteiger partial charge >= 0.3 is 0 Å². The number of aliphatic hydroxyl groups is 1. The van der Waals surface area contributed by atoms with Gasteiger partial charge in [0.15, 0.2) is 0 Å². The maximum Gasteiger partial charge on any atom is 0.143 e. The molecule has 1 unspecified atom stereocenters. The molecule has 2 N–H and O–H groups in total. The van der Waals surface area contributed by atoms with Crippen LogP contribution in [0.4, 0.5) is 0 Å². The smallest absolute Gasteiger partial charge is 0.143 e. The van der Waals surface area contributed by atoms with E-state index >= 15 is 0 Å². The Bertz CT molecular complexity index is 383. The summed E-state index contributed by atoms with van der Waals surface area (Å²) in [5.41, 5.74) is 0.642. The lowest BCUT2D eigenvalue weighted by atomic mass is 9.89. The van der Waals surface area contributed by atoms with Crippen molar-refractivity contribution in [1.82, 2.24) is 4.98 Å². The van der Waals surface area contributed by atoms with E-state index in [0.29, 0.717) is 23.2 Å². The molecule has 15 heavy (non-hydrogen) atoms. The zero-order valence-electron chi connectivity index (χ0n) is 9.41. The van der Waals surface area contributed by atoms with Crippen molar-refractivity contribution >= 4 is 6.08 Å². The summed E-state index contributed by atoms with van der Waals surface area (Å²) in [6.45, 7) is 8.89. The van der Waals surface area contributed by atoms with E-state index in [0.717, 1.165) is 0 Å². The lowest BCUT2D eigenvalue weighted by molar-refractivity contribution is 0.0501. The van der Waals surface area contributed by atoms with Crippen molar-refractivity contribution in [2.75, 3.05) is 0 Å². The summed E-state index contributed by atoms with van der Waals surface area (Å²) in [5.74, 6) is 0.0549. The highest BCUT2D eigenvalue weighted by Crippen LogP contribution is 2.36. The van der Waals surface area contributed by atoms with Gasteiger partial charge in [-0.05, 0) is 20.3 Å². The Kier molecular flexibility index (Phi) is 3.15. The Hall–Kier alpha value is -1.35. The van der Waals surface area contributed by atoms with Gasteiger partial charge in [0, 0.05) is 17.3 Å². The number of hydrogen-bond donors (Lipinski definition) is 2. The molecule has 0 amide bonds. The molecular weight excluding hydrogens is 190 g/mol. The van der Waals surface area contributed by atoms with Gasteiger partial charge in [-0.1, -0.05) is 19.6 Å². The highest BCUT2D eigenvalue weighted by Gasteiger charge is 2.27. The van der Waals surface area contributed by atoms with E-state index in [2.05, 4.69) is 11.6 Å². The topological polar surface area (TPSA) is 53.4 Å². The molecule has 1 aromatic heterocycles. The van der Waals surface area contributed by atoms with Crippen LogP contribution in [0.1, 0.15) is 37.1 Å². The molecule has 0 aromatic carbocycles. The molecular formula is C12H17NO2. The molecule has 1 rings (SSSR count). The lowest BCUT2D eigenvalue weighted by Crippen LogP contribution is -2.21. The second-order valence-electron chi connectivity index (χ2n) is 3.85. The van der Waals surface area contributed by atoms with Crippen molar-refractivity contribution in [1.29, 1.82) is 0 Å². The Morgan fingerprint density at radius 1 is 1.60 bits per heavy atom. The molecule has 0 spiro atoms. The molecule has 0 saturated carbocycles. The van der Waals surface area contributed by atoms with Gasteiger partial charge < -0.3 is 10.2 Å². The second-order valence-corrected chi connectivity index (χ2v) is 3.85. The number of aromatic nitrogens is 1. The summed E-state index contributed by atoms with van der Waals surface area (Å²) < 4.78 is 0. The van der Waals surface area contributed by atoms with Crippen LogP contribution in [0.2, 0.25) is 0 Å². The first-order chi connectivity index (χ1) is 6.94. The maximum atomic E-state index is 10.2. The van der Waals surface area contributed by atoms with Crippen molar-refractivity contribution in [3.63, 3.8) is 0 Å². The average Bonchev–Trinajstić information content (AvgIpc) is 2.21. The van der Waals surface area contributed by atoms with E-state index in [1.807, 2.05) is 6.92 Å². The predicted molar refractivity (Wildman–Crippen MR) is 60.6 cm³/mol. The fraction of sp³-hybridized carbons (Fsp3) is 0.417. The van der Waals surface area contributed by atoms with Crippen LogP contribution in [0, 0.1) is 6.92 Å². The third-order valence-corrected chi connectivity index (χ3v) is 2.71. The number of hydrogen-bond acceptors (Lipinski definition) is 3. The minimum atomic E-state index is -1.05. The lowest BCUT2D eigenvalue weighted by Gasteiger charge is -2.25.